The van der Waals surface area contributed by atoms with Crippen molar-refractivity contribution >= 4 is 27.5 Å². The second kappa shape index (κ2) is 3.98. The molecule has 3 heteroatoms. The third-order valence-corrected chi connectivity index (χ3v) is 2.14. The van der Waals surface area contributed by atoms with E-state index in [0.717, 1.165) is 17.3 Å². The van der Waals surface area contributed by atoms with Crippen LogP contribution in [0.25, 0.3) is 0 Å². The van der Waals surface area contributed by atoms with E-state index in [0.29, 0.717) is 5.02 Å². The lowest BCUT2D eigenvalue weighted by Gasteiger charge is -2.02. The zero-order chi connectivity index (χ0) is 8.27. The summed E-state index contributed by atoms with van der Waals surface area (Å²) in [5.41, 5.74) is 0.884. The Balaban J connectivity index is 2.96. The Bertz CT molecular complexity index is 250. The highest BCUT2D eigenvalue weighted by atomic mass is 79.9. The molecule has 0 aliphatic heterocycles. The predicted molar refractivity (Wildman–Crippen MR) is 50.6 cm³/mol. The summed E-state index contributed by atoms with van der Waals surface area (Å²) in [5, 5.41) is 10.6. The minimum atomic E-state index is 0.202. The third-order valence-electron chi connectivity index (χ3n) is 1.43. The van der Waals surface area contributed by atoms with E-state index < -0.39 is 0 Å². The first-order valence-corrected chi connectivity index (χ1v) is 4.78. The molecule has 0 aliphatic rings. The Morgan fingerprint density at radius 1 is 1.45 bits per heavy atom. The normalized spacial score (nSPS) is 10.0. The SMILES string of the molecule is Oc1c(Cl)cccc1CCBr. The monoisotopic (exact) mass is 234 g/mol. The molecule has 0 aliphatic carbocycles. The highest BCUT2D eigenvalue weighted by molar-refractivity contribution is 9.09. The van der Waals surface area contributed by atoms with Crippen molar-refractivity contribution in [1.82, 2.24) is 0 Å². The van der Waals surface area contributed by atoms with Gasteiger partial charge in [-0.05, 0) is 18.1 Å². The van der Waals surface area contributed by atoms with Gasteiger partial charge in [-0.25, -0.2) is 0 Å². The predicted octanol–water partition coefficient (Wildman–Crippen LogP) is 2.98. The molecule has 0 heterocycles. The fraction of sp³-hybridized carbons (Fsp3) is 0.250. The van der Waals surface area contributed by atoms with Crippen LogP contribution in [0.15, 0.2) is 18.2 Å². The Morgan fingerprint density at radius 2 is 2.18 bits per heavy atom. The fourth-order valence-corrected chi connectivity index (χ4v) is 1.48. The Hall–Kier alpha value is -0.210. The van der Waals surface area contributed by atoms with E-state index in [1.54, 1.807) is 6.07 Å². The fourth-order valence-electron chi connectivity index (χ4n) is 0.864. The zero-order valence-corrected chi connectivity index (χ0v) is 8.19. The van der Waals surface area contributed by atoms with Crippen molar-refractivity contribution in [2.75, 3.05) is 5.33 Å². The van der Waals surface area contributed by atoms with Crippen molar-refractivity contribution in [2.24, 2.45) is 0 Å². The van der Waals surface area contributed by atoms with E-state index in [4.69, 9.17) is 11.6 Å². The number of aryl methyl sites for hydroxylation is 1. The van der Waals surface area contributed by atoms with Crippen LogP contribution in [0.4, 0.5) is 0 Å². The molecule has 0 aromatic heterocycles. The van der Waals surface area contributed by atoms with Crippen LogP contribution in [-0.2, 0) is 6.42 Å². The molecule has 0 saturated carbocycles. The largest absolute Gasteiger partial charge is 0.506 e. The molecule has 0 amide bonds. The van der Waals surface area contributed by atoms with E-state index >= 15 is 0 Å². The molecular formula is C8H8BrClO. The van der Waals surface area contributed by atoms with Crippen LogP contribution in [-0.4, -0.2) is 10.4 Å². The minimum Gasteiger partial charge on any atom is -0.506 e. The topological polar surface area (TPSA) is 20.2 Å². The van der Waals surface area contributed by atoms with Crippen LogP contribution < -0.4 is 0 Å². The summed E-state index contributed by atoms with van der Waals surface area (Å²) in [6, 6.07) is 5.37. The quantitative estimate of drug-likeness (QED) is 0.782. The highest BCUT2D eigenvalue weighted by Gasteiger charge is 2.02. The number of hydrogen-bond acceptors (Lipinski definition) is 1. The van der Waals surface area contributed by atoms with E-state index in [2.05, 4.69) is 15.9 Å². The molecule has 0 spiro atoms. The van der Waals surface area contributed by atoms with E-state index in [-0.39, 0.29) is 5.75 Å². The van der Waals surface area contributed by atoms with Gasteiger partial charge in [-0.15, -0.1) is 0 Å². The lowest BCUT2D eigenvalue weighted by atomic mass is 10.1. The summed E-state index contributed by atoms with van der Waals surface area (Å²) >= 11 is 8.97. The van der Waals surface area contributed by atoms with Gasteiger partial charge >= 0.3 is 0 Å². The number of aromatic hydroxyl groups is 1. The zero-order valence-electron chi connectivity index (χ0n) is 5.85. The van der Waals surface area contributed by atoms with Crippen molar-refractivity contribution < 1.29 is 5.11 Å². The summed E-state index contributed by atoms with van der Waals surface area (Å²) in [4.78, 5) is 0. The first-order chi connectivity index (χ1) is 5.25. The number of phenols is 1. The first-order valence-electron chi connectivity index (χ1n) is 3.28. The summed E-state index contributed by atoms with van der Waals surface area (Å²) in [7, 11) is 0. The molecule has 1 N–H and O–H groups in total. The molecule has 1 aromatic carbocycles. The number of halogens is 2. The van der Waals surface area contributed by atoms with Gasteiger partial charge in [0.15, 0.2) is 0 Å². The number of hydrogen-bond donors (Lipinski definition) is 1. The van der Waals surface area contributed by atoms with Crippen LogP contribution in [0.3, 0.4) is 0 Å². The second-order valence-corrected chi connectivity index (χ2v) is 3.39. The maximum atomic E-state index is 9.38. The average molecular weight is 236 g/mol. The molecule has 1 rings (SSSR count). The molecule has 11 heavy (non-hydrogen) atoms. The smallest absolute Gasteiger partial charge is 0.137 e. The third kappa shape index (κ3) is 2.11. The van der Waals surface area contributed by atoms with Crippen molar-refractivity contribution in [3.8, 4) is 5.75 Å². The molecule has 0 unspecified atom stereocenters. The molecule has 0 saturated heterocycles. The maximum absolute atomic E-state index is 9.38. The van der Waals surface area contributed by atoms with E-state index in [1.807, 2.05) is 12.1 Å². The van der Waals surface area contributed by atoms with Gasteiger partial charge < -0.3 is 5.11 Å². The molecule has 1 aromatic rings. The van der Waals surface area contributed by atoms with Gasteiger partial charge in [0, 0.05) is 5.33 Å². The molecule has 0 bridgehead atoms. The van der Waals surface area contributed by atoms with E-state index in [9.17, 15) is 5.11 Å². The van der Waals surface area contributed by atoms with Gasteiger partial charge in [0.05, 0.1) is 5.02 Å². The van der Waals surface area contributed by atoms with Crippen molar-refractivity contribution in [1.29, 1.82) is 0 Å². The Kier molecular flexibility index (Phi) is 3.21. The standard InChI is InChI=1S/C8H8BrClO/c9-5-4-6-2-1-3-7(10)8(6)11/h1-3,11H,4-5H2. The van der Waals surface area contributed by atoms with Gasteiger partial charge in [-0.3, -0.25) is 0 Å². The summed E-state index contributed by atoms with van der Waals surface area (Å²) < 4.78 is 0. The molecule has 1 nitrogen and oxygen atoms in total. The van der Waals surface area contributed by atoms with Crippen molar-refractivity contribution in [3.05, 3.63) is 28.8 Å². The van der Waals surface area contributed by atoms with Gasteiger partial charge in [-0.2, -0.15) is 0 Å². The summed E-state index contributed by atoms with van der Waals surface area (Å²) in [5.74, 6) is 0.202. The number of benzene rings is 1. The van der Waals surface area contributed by atoms with Gasteiger partial charge in [0.25, 0.3) is 0 Å². The Morgan fingerprint density at radius 3 is 2.82 bits per heavy atom. The van der Waals surface area contributed by atoms with Crippen LogP contribution >= 0.6 is 27.5 Å². The van der Waals surface area contributed by atoms with Crippen molar-refractivity contribution in [3.63, 3.8) is 0 Å². The molecule has 0 fully saturated rings. The number of para-hydroxylation sites is 1. The lowest BCUT2D eigenvalue weighted by Crippen LogP contribution is -1.86. The van der Waals surface area contributed by atoms with E-state index in [1.165, 1.54) is 0 Å². The molecule has 0 atom stereocenters. The van der Waals surface area contributed by atoms with Crippen LogP contribution in [0.5, 0.6) is 5.75 Å². The van der Waals surface area contributed by atoms with Crippen LogP contribution in [0, 0.1) is 0 Å². The summed E-state index contributed by atoms with van der Waals surface area (Å²) in [6.45, 7) is 0. The van der Waals surface area contributed by atoms with Gasteiger partial charge in [0.1, 0.15) is 5.75 Å². The maximum Gasteiger partial charge on any atom is 0.137 e. The van der Waals surface area contributed by atoms with Gasteiger partial charge in [0.2, 0.25) is 0 Å². The van der Waals surface area contributed by atoms with Crippen LogP contribution in [0.2, 0.25) is 5.02 Å². The Labute approximate surface area is 79.1 Å². The summed E-state index contributed by atoms with van der Waals surface area (Å²) in [6.07, 6.45) is 0.798. The second-order valence-electron chi connectivity index (χ2n) is 2.19. The minimum absolute atomic E-state index is 0.202. The van der Waals surface area contributed by atoms with Crippen LogP contribution in [0.1, 0.15) is 5.56 Å². The number of phenolic OH excluding ortho intramolecular Hbond substituents is 1. The molecule has 60 valence electrons. The molecule has 0 radical (unpaired) electrons. The molecular weight excluding hydrogens is 227 g/mol. The first kappa shape index (κ1) is 8.88. The number of rotatable bonds is 2. The lowest BCUT2D eigenvalue weighted by molar-refractivity contribution is 0.469. The number of alkyl halides is 1. The highest BCUT2D eigenvalue weighted by Crippen LogP contribution is 2.27. The van der Waals surface area contributed by atoms with Gasteiger partial charge in [-0.1, -0.05) is 39.7 Å². The van der Waals surface area contributed by atoms with Crippen molar-refractivity contribution in [2.45, 2.75) is 6.42 Å². The average Bonchev–Trinajstić information content (AvgIpc) is 1.99.